The maximum absolute atomic E-state index is 9.21. The summed E-state index contributed by atoms with van der Waals surface area (Å²) < 4.78 is 5.73. The molecular formula is C17H22N2O2. The lowest BCUT2D eigenvalue weighted by Gasteiger charge is -2.23. The highest BCUT2D eigenvalue weighted by molar-refractivity contribution is 5.27. The minimum Gasteiger partial charge on any atom is -0.489 e. The zero-order chi connectivity index (χ0) is 15.1. The van der Waals surface area contributed by atoms with E-state index in [0.29, 0.717) is 6.61 Å². The lowest BCUT2D eigenvalue weighted by Crippen LogP contribution is -2.42. The molecule has 4 heteroatoms. The summed E-state index contributed by atoms with van der Waals surface area (Å²) in [5.74, 6) is 0.844. The number of aliphatic hydroxyl groups excluding tert-OH is 1. The van der Waals surface area contributed by atoms with Crippen molar-refractivity contribution in [3.05, 3.63) is 59.9 Å². The third kappa shape index (κ3) is 5.17. The first-order chi connectivity index (χ1) is 10.1. The van der Waals surface area contributed by atoms with Crippen LogP contribution in [0.15, 0.2) is 48.8 Å². The van der Waals surface area contributed by atoms with E-state index >= 15 is 0 Å². The van der Waals surface area contributed by atoms with Crippen molar-refractivity contribution < 1.29 is 9.84 Å². The molecule has 0 aliphatic rings. The zero-order valence-electron chi connectivity index (χ0n) is 12.5. The molecule has 0 aliphatic carbocycles. The molecule has 0 aliphatic heterocycles. The Kier molecular flexibility index (Phi) is 5.31. The highest BCUT2D eigenvalue weighted by atomic mass is 16.5. The molecule has 1 aromatic heterocycles. The number of pyridine rings is 1. The van der Waals surface area contributed by atoms with Crippen LogP contribution in [0, 0.1) is 0 Å². The number of nitrogens with one attached hydrogen (secondary N) is 1. The smallest absolute Gasteiger partial charge is 0.119 e. The van der Waals surface area contributed by atoms with Crippen LogP contribution in [0.25, 0.3) is 0 Å². The number of nitrogens with zero attached hydrogens (tertiary/aromatic N) is 1. The molecule has 0 amide bonds. The van der Waals surface area contributed by atoms with Crippen molar-refractivity contribution in [1.29, 1.82) is 0 Å². The molecule has 1 aromatic carbocycles. The Bertz CT molecular complexity index is 538. The fraction of sp³-hybridized carbons (Fsp3) is 0.353. The molecule has 0 atom stereocenters. The van der Waals surface area contributed by atoms with Gasteiger partial charge in [-0.1, -0.05) is 12.1 Å². The van der Waals surface area contributed by atoms with Gasteiger partial charge in [-0.05, 0) is 49.2 Å². The Morgan fingerprint density at radius 2 is 1.71 bits per heavy atom. The van der Waals surface area contributed by atoms with Gasteiger partial charge < -0.3 is 15.2 Å². The second-order valence-corrected chi connectivity index (χ2v) is 5.68. The van der Waals surface area contributed by atoms with Crippen molar-refractivity contribution in [2.45, 2.75) is 32.5 Å². The van der Waals surface area contributed by atoms with Gasteiger partial charge in [0.1, 0.15) is 12.4 Å². The predicted molar refractivity (Wildman–Crippen MR) is 83.0 cm³/mol. The number of hydrogen-bond acceptors (Lipinski definition) is 4. The number of aliphatic hydroxyl groups is 1. The fourth-order valence-electron chi connectivity index (χ4n) is 1.75. The van der Waals surface area contributed by atoms with Crippen LogP contribution in [0.3, 0.4) is 0 Å². The molecule has 2 N–H and O–H groups in total. The summed E-state index contributed by atoms with van der Waals surface area (Å²) in [6.45, 7) is 5.31. The van der Waals surface area contributed by atoms with Gasteiger partial charge in [-0.25, -0.2) is 0 Å². The Morgan fingerprint density at radius 1 is 1.05 bits per heavy atom. The highest BCUT2D eigenvalue weighted by Crippen LogP contribution is 2.14. The van der Waals surface area contributed by atoms with Gasteiger partial charge >= 0.3 is 0 Å². The molecule has 0 radical (unpaired) electrons. The third-order valence-electron chi connectivity index (χ3n) is 3.24. The summed E-state index contributed by atoms with van der Waals surface area (Å²) in [6, 6.07) is 11.9. The van der Waals surface area contributed by atoms with E-state index in [0.717, 1.165) is 23.4 Å². The molecule has 1 heterocycles. The van der Waals surface area contributed by atoms with E-state index in [1.807, 2.05) is 50.2 Å². The van der Waals surface area contributed by atoms with E-state index in [-0.39, 0.29) is 12.1 Å². The maximum Gasteiger partial charge on any atom is 0.119 e. The van der Waals surface area contributed by atoms with E-state index < -0.39 is 0 Å². The first-order valence-electron chi connectivity index (χ1n) is 7.06. The van der Waals surface area contributed by atoms with Gasteiger partial charge in [-0.3, -0.25) is 4.98 Å². The van der Waals surface area contributed by atoms with Crippen LogP contribution in [-0.2, 0) is 13.2 Å². The predicted octanol–water partition coefficient (Wildman–Crippen LogP) is 2.52. The van der Waals surface area contributed by atoms with Gasteiger partial charge in [0.05, 0.1) is 6.61 Å². The summed E-state index contributed by atoms with van der Waals surface area (Å²) in [7, 11) is 0. The Morgan fingerprint density at radius 3 is 2.33 bits per heavy atom. The minimum absolute atomic E-state index is 0.111. The lowest BCUT2D eigenvalue weighted by molar-refractivity contribution is 0.187. The van der Waals surface area contributed by atoms with Crippen molar-refractivity contribution in [3.8, 4) is 5.75 Å². The maximum atomic E-state index is 9.21. The van der Waals surface area contributed by atoms with Crippen LogP contribution < -0.4 is 10.1 Å². The molecule has 0 fully saturated rings. The van der Waals surface area contributed by atoms with Gasteiger partial charge in [0.2, 0.25) is 0 Å². The second kappa shape index (κ2) is 7.20. The van der Waals surface area contributed by atoms with Crippen molar-refractivity contribution in [3.63, 3.8) is 0 Å². The number of hydrogen-bond donors (Lipinski definition) is 2. The molecule has 0 unspecified atom stereocenters. The number of ether oxygens (including phenoxy) is 1. The van der Waals surface area contributed by atoms with Gasteiger partial charge in [-0.15, -0.1) is 0 Å². The van der Waals surface area contributed by atoms with Gasteiger partial charge in [0.15, 0.2) is 0 Å². The highest BCUT2D eigenvalue weighted by Gasteiger charge is 2.14. The van der Waals surface area contributed by atoms with Crippen molar-refractivity contribution >= 4 is 0 Å². The molecular weight excluding hydrogens is 264 g/mol. The normalized spacial score (nSPS) is 11.4. The molecule has 21 heavy (non-hydrogen) atoms. The van der Waals surface area contributed by atoms with Gasteiger partial charge in [0.25, 0.3) is 0 Å². The monoisotopic (exact) mass is 286 g/mol. The molecule has 0 saturated heterocycles. The van der Waals surface area contributed by atoms with E-state index in [1.165, 1.54) is 0 Å². The van der Waals surface area contributed by atoms with Crippen LogP contribution in [0.5, 0.6) is 5.75 Å². The van der Waals surface area contributed by atoms with Crippen molar-refractivity contribution in [2.24, 2.45) is 0 Å². The van der Waals surface area contributed by atoms with Crippen LogP contribution in [0.1, 0.15) is 25.0 Å². The fourth-order valence-corrected chi connectivity index (χ4v) is 1.75. The Balaban J connectivity index is 1.84. The summed E-state index contributed by atoms with van der Waals surface area (Å²) in [6.07, 6.45) is 3.52. The van der Waals surface area contributed by atoms with E-state index in [4.69, 9.17) is 4.74 Å². The standard InChI is InChI=1S/C17H22N2O2/c1-17(2,13-20)19-11-14-3-5-16(6-4-14)21-12-15-7-9-18-10-8-15/h3-10,19-20H,11-13H2,1-2H3. The number of rotatable bonds is 7. The van der Waals surface area contributed by atoms with Gasteiger partial charge in [0, 0.05) is 24.5 Å². The number of aromatic nitrogens is 1. The van der Waals surface area contributed by atoms with E-state index in [2.05, 4.69) is 10.3 Å². The van der Waals surface area contributed by atoms with Crippen LogP contribution in [-0.4, -0.2) is 22.2 Å². The van der Waals surface area contributed by atoms with E-state index in [1.54, 1.807) is 12.4 Å². The molecule has 2 rings (SSSR count). The van der Waals surface area contributed by atoms with Crippen LogP contribution >= 0.6 is 0 Å². The largest absolute Gasteiger partial charge is 0.489 e. The van der Waals surface area contributed by atoms with Crippen LogP contribution in [0.4, 0.5) is 0 Å². The summed E-state index contributed by atoms with van der Waals surface area (Å²) in [5, 5.41) is 12.5. The van der Waals surface area contributed by atoms with Crippen molar-refractivity contribution in [1.82, 2.24) is 10.3 Å². The SMILES string of the molecule is CC(C)(CO)NCc1ccc(OCc2ccncc2)cc1. The molecule has 4 nitrogen and oxygen atoms in total. The Hall–Kier alpha value is -1.91. The quantitative estimate of drug-likeness (QED) is 0.821. The lowest BCUT2D eigenvalue weighted by atomic mass is 10.1. The average molecular weight is 286 g/mol. The molecule has 0 spiro atoms. The minimum atomic E-state index is -0.267. The summed E-state index contributed by atoms with van der Waals surface area (Å²) in [4.78, 5) is 3.98. The van der Waals surface area contributed by atoms with Crippen molar-refractivity contribution in [2.75, 3.05) is 6.61 Å². The summed E-state index contributed by atoms with van der Waals surface area (Å²) in [5.41, 5.74) is 1.99. The third-order valence-corrected chi connectivity index (χ3v) is 3.24. The first-order valence-corrected chi connectivity index (χ1v) is 7.06. The first kappa shape index (κ1) is 15.5. The summed E-state index contributed by atoms with van der Waals surface area (Å²) >= 11 is 0. The van der Waals surface area contributed by atoms with E-state index in [9.17, 15) is 5.11 Å². The van der Waals surface area contributed by atoms with Gasteiger partial charge in [-0.2, -0.15) is 0 Å². The average Bonchev–Trinajstić information content (AvgIpc) is 2.53. The molecule has 2 aromatic rings. The molecule has 112 valence electrons. The zero-order valence-corrected chi connectivity index (χ0v) is 12.5. The Labute approximate surface area is 125 Å². The molecule has 0 bridgehead atoms. The van der Waals surface area contributed by atoms with Crippen LogP contribution in [0.2, 0.25) is 0 Å². The second-order valence-electron chi connectivity index (χ2n) is 5.68. The molecule has 0 saturated carbocycles. The number of benzene rings is 1. The topological polar surface area (TPSA) is 54.4 Å².